The van der Waals surface area contributed by atoms with Gasteiger partial charge in [0.2, 0.25) is 0 Å². The second kappa shape index (κ2) is 6.69. The molecular formula is C12H15F2N3O3. The molecule has 0 bridgehead atoms. The monoisotopic (exact) mass is 287 g/mol. The summed E-state index contributed by atoms with van der Waals surface area (Å²) in [7, 11) is 1.45. The van der Waals surface area contributed by atoms with E-state index in [4.69, 9.17) is 10.9 Å². The van der Waals surface area contributed by atoms with Crippen LogP contribution in [0.3, 0.4) is 0 Å². The maximum absolute atomic E-state index is 12.1. The first-order chi connectivity index (χ1) is 9.36. The zero-order chi connectivity index (χ0) is 15.3. The van der Waals surface area contributed by atoms with Crippen molar-refractivity contribution >= 4 is 11.7 Å². The number of likely N-dealkylation sites (N-methyl/N-ethyl adjacent to an activating group) is 1. The van der Waals surface area contributed by atoms with Crippen LogP contribution in [-0.4, -0.2) is 41.6 Å². The molecule has 6 nitrogen and oxygen atoms in total. The van der Waals surface area contributed by atoms with Crippen molar-refractivity contribution < 1.29 is 23.5 Å². The average Bonchev–Trinajstić information content (AvgIpc) is 2.43. The first kappa shape index (κ1) is 15.7. The number of oxime groups is 1. The largest absolute Gasteiger partial charge is 0.435 e. The maximum atomic E-state index is 12.1. The zero-order valence-corrected chi connectivity index (χ0v) is 11.0. The van der Waals surface area contributed by atoms with E-state index in [-0.39, 0.29) is 17.1 Å². The van der Waals surface area contributed by atoms with Crippen molar-refractivity contribution in [1.29, 1.82) is 0 Å². The standard InChI is InChI=1S/C12H15F2N3O3/c1-7(10(15)16-19)17(2)11(18)8-4-3-5-9(6-8)20-12(13)14/h3-7,12,19H,1-2H3,(H2,15,16). The molecule has 8 heteroatoms. The number of hydrogen-bond acceptors (Lipinski definition) is 4. The van der Waals surface area contributed by atoms with E-state index >= 15 is 0 Å². The van der Waals surface area contributed by atoms with E-state index in [2.05, 4.69) is 9.89 Å². The molecule has 1 unspecified atom stereocenters. The Bertz CT molecular complexity index is 508. The molecule has 0 saturated heterocycles. The van der Waals surface area contributed by atoms with Gasteiger partial charge >= 0.3 is 6.61 Å². The first-order valence-corrected chi connectivity index (χ1v) is 5.66. The van der Waals surface area contributed by atoms with Crippen LogP contribution in [0.1, 0.15) is 17.3 Å². The van der Waals surface area contributed by atoms with Crippen LogP contribution in [0.25, 0.3) is 0 Å². The van der Waals surface area contributed by atoms with Crippen LogP contribution in [0, 0.1) is 0 Å². The Kier molecular flexibility index (Phi) is 5.24. The molecule has 20 heavy (non-hydrogen) atoms. The van der Waals surface area contributed by atoms with Crippen LogP contribution in [0.15, 0.2) is 29.4 Å². The van der Waals surface area contributed by atoms with Gasteiger partial charge in [0, 0.05) is 12.6 Å². The molecule has 1 amide bonds. The summed E-state index contributed by atoms with van der Waals surface area (Å²) in [5.74, 6) is -0.722. The average molecular weight is 287 g/mol. The number of carbonyl (C=O) groups is 1. The number of hydrogen-bond donors (Lipinski definition) is 2. The van der Waals surface area contributed by atoms with Gasteiger partial charge in [-0.2, -0.15) is 8.78 Å². The van der Waals surface area contributed by atoms with E-state index in [0.29, 0.717) is 0 Å². The van der Waals surface area contributed by atoms with Crippen molar-refractivity contribution in [3.05, 3.63) is 29.8 Å². The molecule has 0 spiro atoms. The number of nitrogens with zero attached hydrogens (tertiary/aromatic N) is 2. The summed E-state index contributed by atoms with van der Waals surface area (Å²) in [6.07, 6.45) is 0. The van der Waals surface area contributed by atoms with E-state index in [0.717, 1.165) is 0 Å². The maximum Gasteiger partial charge on any atom is 0.387 e. The normalized spacial score (nSPS) is 13.2. The van der Waals surface area contributed by atoms with Gasteiger partial charge in [0.1, 0.15) is 5.75 Å². The van der Waals surface area contributed by atoms with Crippen molar-refractivity contribution in [2.24, 2.45) is 10.9 Å². The molecule has 0 saturated carbocycles. The third-order valence-corrected chi connectivity index (χ3v) is 2.75. The van der Waals surface area contributed by atoms with E-state index < -0.39 is 18.6 Å². The number of ether oxygens (including phenoxy) is 1. The van der Waals surface area contributed by atoms with Crippen LogP contribution in [0.4, 0.5) is 8.78 Å². The molecule has 1 aromatic carbocycles. The minimum absolute atomic E-state index is 0.115. The molecule has 1 rings (SSSR count). The Morgan fingerprint density at radius 2 is 2.15 bits per heavy atom. The highest BCUT2D eigenvalue weighted by molar-refractivity contribution is 5.98. The number of nitrogens with two attached hydrogens (primary N) is 1. The second-order valence-electron chi connectivity index (χ2n) is 4.02. The molecule has 0 fully saturated rings. The highest BCUT2D eigenvalue weighted by atomic mass is 19.3. The van der Waals surface area contributed by atoms with Crippen molar-refractivity contribution in [3.8, 4) is 5.75 Å². The molecule has 1 atom stereocenters. The molecule has 0 aliphatic heterocycles. The predicted molar refractivity (Wildman–Crippen MR) is 68.0 cm³/mol. The molecule has 0 radical (unpaired) electrons. The van der Waals surface area contributed by atoms with Crippen LogP contribution in [0.2, 0.25) is 0 Å². The van der Waals surface area contributed by atoms with Crippen molar-refractivity contribution in [1.82, 2.24) is 4.90 Å². The highest BCUT2D eigenvalue weighted by Crippen LogP contribution is 2.17. The Morgan fingerprint density at radius 1 is 1.50 bits per heavy atom. The topological polar surface area (TPSA) is 88.2 Å². The van der Waals surface area contributed by atoms with Gasteiger partial charge in [-0.1, -0.05) is 11.2 Å². The van der Waals surface area contributed by atoms with Crippen LogP contribution in [0.5, 0.6) is 5.75 Å². The molecule has 1 aromatic rings. The van der Waals surface area contributed by atoms with Gasteiger partial charge in [-0.05, 0) is 25.1 Å². The molecule has 0 aromatic heterocycles. The summed E-state index contributed by atoms with van der Waals surface area (Å²) in [5, 5.41) is 11.4. The minimum atomic E-state index is -2.96. The quantitative estimate of drug-likeness (QED) is 0.372. The van der Waals surface area contributed by atoms with Crippen molar-refractivity contribution in [3.63, 3.8) is 0 Å². The van der Waals surface area contributed by atoms with Crippen molar-refractivity contribution in [2.45, 2.75) is 19.6 Å². The van der Waals surface area contributed by atoms with Gasteiger partial charge in [0.15, 0.2) is 5.84 Å². The van der Waals surface area contributed by atoms with Gasteiger partial charge in [-0.25, -0.2) is 0 Å². The van der Waals surface area contributed by atoms with Gasteiger partial charge in [-0.15, -0.1) is 0 Å². The number of carbonyl (C=O) groups excluding carboxylic acids is 1. The Hall–Kier alpha value is -2.38. The molecule has 0 aliphatic rings. The lowest BCUT2D eigenvalue weighted by atomic mass is 10.1. The Labute approximate surface area is 114 Å². The fraction of sp³-hybridized carbons (Fsp3) is 0.333. The van der Waals surface area contributed by atoms with Gasteiger partial charge in [0.05, 0.1) is 6.04 Å². The van der Waals surface area contributed by atoms with Crippen LogP contribution >= 0.6 is 0 Å². The third-order valence-electron chi connectivity index (χ3n) is 2.75. The molecule has 3 N–H and O–H groups in total. The zero-order valence-electron chi connectivity index (χ0n) is 11.0. The SMILES string of the molecule is CC(C(N)=NO)N(C)C(=O)c1cccc(OC(F)F)c1. The number of amides is 1. The van der Waals surface area contributed by atoms with E-state index in [1.807, 2.05) is 0 Å². The van der Waals surface area contributed by atoms with Crippen LogP contribution in [-0.2, 0) is 0 Å². The fourth-order valence-corrected chi connectivity index (χ4v) is 1.47. The first-order valence-electron chi connectivity index (χ1n) is 5.66. The number of rotatable bonds is 5. The van der Waals surface area contributed by atoms with E-state index in [9.17, 15) is 13.6 Å². The van der Waals surface area contributed by atoms with Gasteiger partial charge < -0.3 is 20.6 Å². The lowest BCUT2D eigenvalue weighted by Crippen LogP contribution is -2.43. The van der Waals surface area contributed by atoms with Crippen molar-refractivity contribution in [2.75, 3.05) is 7.05 Å². The fourth-order valence-electron chi connectivity index (χ4n) is 1.47. The second-order valence-corrected chi connectivity index (χ2v) is 4.02. The number of amidine groups is 1. The summed E-state index contributed by atoms with van der Waals surface area (Å²) < 4.78 is 28.4. The third kappa shape index (κ3) is 3.81. The lowest BCUT2D eigenvalue weighted by molar-refractivity contribution is -0.0499. The summed E-state index contributed by atoms with van der Waals surface area (Å²) in [6.45, 7) is -1.40. The number of alkyl halides is 2. The number of halogens is 2. The summed E-state index contributed by atoms with van der Waals surface area (Å²) in [5.41, 5.74) is 5.57. The van der Waals surface area contributed by atoms with E-state index in [1.165, 1.54) is 36.2 Å². The Morgan fingerprint density at radius 3 is 2.70 bits per heavy atom. The molecule has 0 aliphatic carbocycles. The lowest BCUT2D eigenvalue weighted by Gasteiger charge is -2.23. The van der Waals surface area contributed by atoms with Gasteiger partial charge in [0.25, 0.3) is 5.91 Å². The smallest absolute Gasteiger partial charge is 0.387 e. The van der Waals surface area contributed by atoms with Gasteiger partial charge in [-0.3, -0.25) is 4.79 Å². The summed E-state index contributed by atoms with van der Waals surface area (Å²) >= 11 is 0. The molecule has 0 heterocycles. The van der Waals surface area contributed by atoms with E-state index in [1.54, 1.807) is 6.92 Å². The number of benzene rings is 1. The highest BCUT2D eigenvalue weighted by Gasteiger charge is 2.21. The minimum Gasteiger partial charge on any atom is -0.435 e. The molecule has 110 valence electrons. The molecular weight excluding hydrogens is 272 g/mol. The predicted octanol–water partition coefficient (Wildman–Crippen LogP) is 1.49. The summed E-state index contributed by atoms with van der Waals surface area (Å²) in [6, 6.07) is 4.75. The van der Waals surface area contributed by atoms with Crippen LogP contribution < -0.4 is 10.5 Å². The Balaban J connectivity index is 2.91. The summed E-state index contributed by atoms with van der Waals surface area (Å²) in [4.78, 5) is 13.4.